The first-order valence-electron chi connectivity index (χ1n) is 7.98. The fourth-order valence-corrected chi connectivity index (χ4v) is 2.92. The van der Waals surface area contributed by atoms with Gasteiger partial charge in [0.1, 0.15) is 0 Å². The van der Waals surface area contributed by atoms with Gasteiger partial charge in [-0.15, -0.1) is 0 Å². The maximum atomic E-state index is 10.7. The van der Waals surface area contributed by atoms with Gasteiger partial charge in [0, 0.05) is 5.92 Å². The maximum absolute atomic E-state index is 10.7. The molecule has 3 aromatic carbocycles. The molecule has 0 radical (unpaired) electrons. The number of benzene rings is 3. The van der Waals surface area contributed by atoms with Gasteiger partial charge in [-0.2, -0.15) is 13.2 Å². The summed E-state index contributed by atoms with van der Waals surface area (Å²) in [6.07, 6.45) is 0. The molecule has 3 aromatic rings. The van der Waals surface area contributed by atoms with Crippen molar-refractivity contribution in [3.05, 3.63) is 105 Å². The number of hydrogen-bond acceptors (Lipinski definition) is 3. The molecule has 0 aliphatic heterocycles. The second-order valence-corrected chi connectivity index (χ2v) is 8.44. The van der Waals surface area contributed by atoms with Crippen molar-refractivity contribution in [3.63, 3.8) is 0 Å². The van der Waals surface area contributed by atoms with Crippen LogP contribution in [0.25, 0.3) is 0 Å². The van der Waals surface area contributed by atoms with Gasteiger partial charge < -0.3 is 4.55 Å². The number of hydrogen-bond donors (Lipinski definition) is 0. The molecule has 0 saturated carbocycles. The van der Waals surface area contributed by atoms with E-state index in [2.05, 4.69) is 108 Å². The highest BCUT2D eigenvalue weighted by atomic mass is 127. The molecule has 0 aliphatic carbocycles. The van der Waals surface area contributed by atoms with Gasteiger partial charge in [-0.3, -0.25) is 0 Å². The van der Waals surface area contributed by atoms with Gasteiger partial charge in [-0.25, -0.2) is 8.42 Å². The molecule has 0 heterocycles. The summed E-state index contributed by atoms with van der Waals surface area (Å²) in [6, 6.07) is 30.3. The molecule has 0 N–H and O–H groups in total. The molecule has 28 heavy (non-hydrogen) atoms. The Kier molecular flexibility index (Phi) is 7.62. The van der Waals surface area contributed by atoms with Crippen molar-refractivity contribution in [2.45, 2.75) is 11.4 Å². The summed E-state index contributed by atoms with van der Waals surface area (Å²) in [5.41, 5.74) is -1.63. The second-order valence-electron chi connectivity index (χ2n) is 5.72. The molecule has 0 unspecified atom stereocenters. The Morgan fingerprint density at radius 1 is 0.714 bits per heavy atom. The summed E-state index contributed by atoms with van der Waals surface area (Å²) in [4.78, 5) is 0. The quantitative estimate of drug-likeness (QED) is 0.227. The first kappa shape index (κ1) is 22.4. The molecule has 148 valence electrons. The normalized spacial score (nSPS) is 11.6. The minimum absolute atomic E-state index is 0.305. The minimum Gasteiger partial charge on any atom is -0.741 e. The van der Waals surface area contributed by atoms with E-state index in [0.717, 1.165) is 0 Å². The molecule has 0 aromatic heterocycles. The van der Waals surface area contributed by atoms with E-state index < -0.39 is 15.6 Å². The van der Waals surface area contributed by atoms with Crippen LogP contribution in [0.15, 0.2) is 84.9 Å². The van der Waals surface area contributed by atoms with Crippen molar-refractivity contribution in [1.82, 2.24) is 0 Å². The smallest absolute Gasteiger partial charge is 0.485 e. The van der Waals surface area contributed by atoms with Gasteiger partial charge in [-0.1, -0.05) is 72.8 Å². The predicted octanol–water partition coefficient (Wildman–Crippen LogP) is 1.37. The predicted molar refractivity (Wildman–Crippen MR) is 96.1 cm³/mol. The molecule has 0 atom stereocenters. The Labute approximate surface area is 175 Å². The van der Waals surface area contributed by atoms with E-state index >= 15 is 0 Å². The molecular weight excluding hydrogens is 504 g/mol. The lowest BCUT2D eigenvalue weighted by molar-refractivity contribution is -0.328. The Hall–Kier alpha value is -1.91. The zero-order valence-electron chi connectivity index (χ0n) is 14.3. The average molecular weight is 520 g/mol. The van der Waals surface area contributed by atoms with Crippen molar-refractivity contribution in [2.24, 2.45) is 0 Å². The molecule has 3 rings (SSSR count). The van der Waals surface area contributed by atoms with Crippen LogP contribution in [-0.4, -0.2) is 18.5 Å². The zero-order valence-corrected chi connectivity index (χ0v) is 17.5. The standard InChI is InChI=1S/C19H16I.CHF3O3S/c20-18-13-11-17(12-14-18)19(15-7-3-1-4-8-15)16-9-5-2-6-10-16;2-1(3,4)8(5,6)7/h1-14,19-20H;(H,5,6,7)/q+1;/p-1. The first-order chi connectivity index (χ1) is 13.1. The Bertz CT molecular complexity index is 935. The molecule has 8 heteroatoms. The second kappa shape index (κ2) is 9.53. The van der Waals surface area contributed by atoms with Crippen LogP contribution in [0, 0.1) is 3.57 Å². The number of alkyl halides is 3. The molecule has 0 bridgehead atoms. The van der Waals surface area contributed by atoms with Gasteiger partial charge in [0.25, 0.3) is 22.6 Å². The van der Waals surface area contributed by atoms with Crippen LogP contribution in [0.3, 0.4) is 0 Å². The van der Waals surface area contributed by atoms with E-state index in [1.807, 2.05) is 0 Å². The Morgan fingerprint density at radius 3 is 1.36 bits per heavy atom. The van der Waals surface area contributed by atoms with Gasteiger partial charge in [-0.05, 0) is 28.8 Å². The molecule has 0 fully saturated rings. The van der Waals surface area contributed by atoms with Gasteiger partial charge in [0.2, 0.25) is 0 Å². The maximum Gasteiger partial charge on any atom is 0.485 e. The third-order valence-electron chi connectivity index (χ3n) is 3.76. The van der Waals surface area contributed by atoms with Crippen LogP contribution in [-0.2, 0) is 10.1 Å². The Morgan fingerprint density at radius 2 is 1.04 bits per heavy atom. The van der Waals surface area contributed by atoms with E-state index in [0.29, 0.717) is 5.92 Å². The van der Waals surface area contributed by atoms with E-state index in [1.54, 1.807) is 0 Å². The average Bonchev–Trinajstić information content (AvgIpc) is 2.64. The fraction of sp³-hybridized carbons (Fsp3) is 0.100. The van der Waals surface area contributed by atoms with Crippen LogP contribution in [0.2, 0.25) is 0 Å². The summed E-state index contributed by atoms with van der Waals surface area (Å²) in [6.45, 7) is 0. The van der Waals surface area contributed by atoms with E-state index in [1.165, 1.54) is 20.3 Å². The summed E-state index contributed by atoms with van der Waals surface area (Å²) in [7, 11) is -6.09. The highest BCUT2D eigenvalue weighted by Crippen LogP contribution is 2.31. The molecular formula is C20H16F3IO3S. The lowest BCUT2D eigenvalue weighted by atomic mass is 9.85. The van der Waals surface area contributed by atoms with E-state index in [4.69, 9.17) is 13.0 Å². The van der Waals surface area contributed by atoms with Crippen molar-refractivity contribution in [3.8, 4) is 0 Å². The summed E-state index contributed by atoms with van der Waals surface area (Å²) in [5, 5.41) is 0. The highest BCUT2D eigenvalue weighted by Gasteiger charge is 2.36. The van der Waals surface area contributed by atoms with Crippen LogP contribution in [0.4, 0.5) is 13.2 Å². The van der Waals surface area contributed by atoms with Crippen molar-refractivity contribution in [1.29, 1.82) is 0 Å². The molecule has 0 aliphatic rings. The fourth-order valence-electron chi connectivity index (χ4n) is 2.53. The van der Waals surface area contributed by atoms with E-state index in [-0.39, 0.29) is 0 Å². The topological polar surface area (TPSA) is 57.2 Å². The van der Waals surface area contributed by atoms with Crippen LogP contribution in [0.5, 0.6) is 0 Å². The largest absolute Gasteiger partial charge is 0.741 e. The van der Waals surface area contributed by atoms with Crippen LogP contribution in [0.1, 0.15) is 22.6 Å². The lowest BCUT2D eigenvalue weighted by Gasteiger charge is -2.18. The van der Waals surface area contributed by atoms with Crippen molar-refractivity contribution < 1.29 is 48.7 Å². The molecule has 0 saturated heterocycles. The summed E-state index contributed by atoms with van der Waals surface area (Å²) >= 11 is 2.06. The van der Waals surface area contributed by atoms with Gasteiger partial charge in [0.05, 0.1) is 0 Å². The van der Waals surface area contributed by atoms with Crippen LogP contribution < -0.4 is 22.6 Å². The highest BCUT2D eigenvalue weighted by molar-refractivity contribution is 7.86. The van der Waals surface area contributed by atoms with Crippen molar-refractivity contribution >= 4 is 10.1 Å². The zero-order chi connectivity index (χ0) is 20.8. The third-order valence-corrected chi connectivity index (χ3v) is 5.11. The summed E-state index contributed by atoms with van der Waals surface area (Å²) < 4.78 is 60.2. The first-order valence-corrected chi connectivity index (χ1v) is 10.6. The Balaban J connectivity index is 0.000000300. The van der Waals surface area contributed by atoms with Crippen molar-refractivity contribution in [2.75, 3.05) is 0 Å². The van der Waals surface area contributed by atoms with E-state index in [9.17, 15) is 13.2 Å². The molecule has 0 amide bonds. The third kappa shape index (κ3) is 6.32. The minimum atomic E-state index is -6.09. The lowest BCUT2D eigenvalue weighted by Crippen LogP contribution is -3.34. The SMILES string of the molecule is O=S(=O)([O-])C(F)(F)F.[IH+]c1ccc(C(c2ccccc2)c2ccccc2)cc1. The number of halogens is 4. The summed E-state index contributed by atoms with van der Waals surface area (Å²) in [5.74, 6) is 0.305. The van der Waals surface area contributed by atoms with Gasteiger partial charge >= 0.3 is 5.51 Å². The monoisotopic (exact) mass is 520 g/mol. The molecule has 0 spiro atoms. The van der Waals surface area contributed by atoms with Gasteiger partial charge in [0.15, 0.2) is 13.7 Å². The van der Waals surface area contributed by atoms with Crippen LogP contribution >= 0.6 is 0 Å². The molecule has 3 nitrogen and oxygen atoms in total. The number of rotatable bonds is 3.